The van der Waals surface area contributed by atoms with E-state index in [0.29, 0.717) is 5.92 Å². The second-order valence-corrected chi connectivity index (χ2v) is 6.54. The third kappa shape index (κ3) is 3.14. The summed E-state index contributed by atoms with van der Waals surface area (Å²) in [7, 11) is 1.97. The van der Waals surface area contributed by atoms with Gasteiger partial charge in [0.15, 0.2) is 0 Å². The molecule has 0 amide bonds. The van der Waals surface area contributed by atoms with Gasteiger partial charge in [0.05, 0.1) is 18.5 Å². The maximum Gasteiger partial charge on any atom is 0.115 e. The standard InChI is InChI=1S/C17H23N5O/c1-21-9-13(8-20-21)10-22-5-2-15-16(3-6-22)18-12-19-17(15)14-4-7-23-11-14/h8-9,12,14H,2-7,10-11H2,1H3. The van der Waals surface area contributed by atoms with Crippen LogP contribution in [0.15, 0.2) is 18.7 Å². The predicted octanol–water partition coefficient (Wildman–Crippen LogP) is 1.31. The first kappa shape index (κ1) is 14.8. The molecule has 0 aliphatic carbocycles. The van der Waals surface area contributed by atoms with Gasteiger partial charge in [-0.15, -0.1) is 0 Å². The van der Waals surface area contributed by atoms with E-state index in [1.54, 1.807) is 6.33 Å². The molecule has 6 nitrogen and oxygen atoms in total. The third-order valence-electron chi connectivity index (χ3n) is 4.89. The Hall–Kier alpha value is -1.79. The zero-order valence-corrected chi connectivity index (χ0v) is 13.6. The number of nitrogens with zero attached hydrogens (tertiary/aromatic N) is 5. The molecule has 2 aliphatic heterocycles. The van der Waals surface area contributed by atoms with Crippen LogP contribution in [0.3, 0.4) is 0 Å². The molecule has 0 N–H and O–H groups in total. The summed E-state index contributed by atoms with van der Waals surface area (Å²) in [6.07, 6.45) is 8.91. The largest absolute Gasteiger partial charge is 0.381 e. The first-order chi connectivity index (χ1) is 11.3. The van der Waals surface area contributed by atoms with E-state index in [0.717, 1.165) is 52.1 Å². The lowest BCUT2D eigenvalue weighted by Gasteiger charge is -2.18. The monoisotopic (exact) mass is 313 g/mol. The molecule has 1 unspecified atom stereocenters. The molecule has 2 aliphatic rings. The van der Waals surface area contributed by atoms with E-state index in [9.17, 15) is 0 Å². The number of ether oxygens (including phenoxy) is 1. The van der Waals surface area contributed by atoms with E-state index in [2.05, 4.69) is 26.2 Å². The maximum absolute atomic E-state index is 5.56. The molecule has 1 saturated heterocycles. The summed E-state index contributed by atoms with van der Waals surface area (Å²) in [5.41, 5.74) is 5.11. The molecule has 0 aromatic carbocycles. The van der Waals surface area contributed by atoms with Crippen LogP contribution in [0.5, 0.6) is 0 Å². The van der Waals surface area contributed by atoms with Gasteiger partial charge >= 0.3 is 0 Å². The second kappa shape index (κ2) is 6.37. The quantitative estimate of drug-likeness (QED) is 0.855. The number of fused-ring (bicyclic) bond motifs is 1. The van der Waals surface area contributed by atoms with Gasteiger partial charge < -0.3 is 4.74 Å². The molecule has 122 valence electrons. The van der Waals surface area contributed by atoms with Crippen molar-refractivity contribution in [3.05, 3.63) is 41.2 Å². The Balaban J connectivity index is 1.50. The molecular weight excluding hydrogens is 290 g/mol. The molecular formula is C17H23N5O. The van der Waals surface area contributed by atoms with Gasteiger partial charge in [-0.25, -0.2) is 9.97 Å². The van der Waals surface area contributed by atoms with Crippen molar-refractivity contribution < 1.29 is 4.74 Å². The fourth-order valence-electron chi connectivity index (χ4n) is 3.67. The summed E-state index contributed by atoms with van der Waals surface area (Å²) in [4.78, 5) is 11.7. The maximum atomic E-state index is 5.56. The average molecular weight is 313 g/mol. The fourth-order valence-corrected chi connectivity index (χ4v) is 3.67. The highest BCUT2D eigenvalue weighted by molar-refractivity contribution is 5.30. The zero-order chi connectivity index (χ0) is 15.6. The minimum Gasteiger partial charge on any atom is -0.381 e. The third-order valence-corrected chi connectivity index (χ3v) is 4.89. The number of hydrogen-bond acceptors (Lipinski definition) is 5. The minimum atomic E-state index is 0.455. The molecule has 1 atom stereocenters. The summed E-state index contributed by atoms with van der Waals surface area (Å²) in [5, 5.41) is 4.27. The van der Waals surface area contributed by atoms with Crippen LogP contribution in [-0.4, -0.2) is 51.0 Å². The Labute approximate surface area is 136 Å². The van der Waals surface area contributed by atoms with Crippen LogP contribution >= 0.6 is 0 Å². The fraction of sp³-hybridized carbons (Fsp3) is 0.588. The van der Waals surface area contributed by atoms with Crippen LogP contribution in [0.1, 0.15) is 34.9 Å². The molecule has 6 heteroatoms. The Bertz CT molecular complexity index is 677. The van der Waals surface area contributed by atoms with Crippen molar-refractivity contribution in [3.8, 4) is 0 Å². The van der Waals surface area contributed by atoms with Gasteiger partial charge in [0.25, 0.3) is 0 Å². The normalized spacial score (nSPS) is 22.0. The van der Waals surface area contributed by atoms with E-state index < -0.39 is 0 Å². The molecule has 0 radical (unpaired) electrons. The molecule has 4 rings (SSSR count). The van der Waals surface area contributed by atoms with Gasteiger partial charge in [-0.05, 0) is 18.4 Å². The van der Waals surface area contributed by atoms with Crippen molar-refractivity contribution in [3.63, 3.8) is 0 Å². The minimum absolute atomic E-state index is 0.455. The lowest BCUT2D eigenvalue weighted by Crippen LogP contribution is -2.25. The van der Waals surface area contributed by atoms with E-state index in [1.807, 2.05) is 17.9 Å². The van der Waals surface area contributed by atoms with Gasteiger partial charge in [0, 0.05) is 63.1 Å². The van der Waals surface area contributed by atoms with E-state index in [4.69, 9.17) is 4.74 Å². The zero-order valence-electron chi connectivity index (χ0n) is 13.6. The van der Waals surface area contributed by atoms with E-state index in [-0.39, 0.29) is 0 Å². The number of hydrogen-bond donors (Lipinski definition) is 0. The summed E-state index contributed by atoms with van der Waals surface area (Å²) in [5.74, 6) is 0.455. The smallest absolute Gasteiger partial charge is 0.115 e. The molecule has 1 fully saturated rings. The number of aryl methyl sites for hydroxylation is 1. The van der Waals surface area contributed by atoms with Crippen molar-refractivity contribution in [1.29, 1.82) is 0 Å². The Morgan fingerprint density at radius 3 is 2.96 bits per heavy atom. The van der Waals surface area contributed by atoms with Crippen LogP contribution in [0.2, 0.25) is 0 Å². The number of rotatable bonds is 3. The summed E-state index contributed by atoms with van der Waals surface area (Å²) in [6, 6.07) is 0. The van der Waals surface area contributed by atoms with Crippen molar-refractivity contribution in [2.45, 2.75) is 31.7 Å². The molecule has 4 heterocycles. The molecule has 0 spiro atoms. The van der Waals surface area contributed by atoms with Gasteiger partial charge in [0.1, 0.15) is 6.33 Å². The van der Waals surface area contributed by atoms with Crippen molar-refractivity contribution in [1.82, 2.24) is 24.6 Å². The second-order valence-electron chi connectivity index (χ2n) is 6.54. The summed E-state index contributed by atoms with van der Waals surface area (Å²) in [6.45, 7) is 4.71. The van der Waals surface area contributed by atoms with Crippen molar-refractivity contribution in [2.24, 2.45) is 7.05 Å². The Kier molecular flexibility index (Phi) is 4.10. The van der Waals surface area contributed by atoms with Crippen molar-refractivity contribution in [2.75, 3.05) is 26.3 Å². The summed E-state index contributed by atoms with van der Waals surface area (Å²) < 4.78 is 7.42. The average Bonchev–Trinajstić information content (AvgIpc) is 3.17. The molecule has 0 saturated carbocycles. The lowest BCUT2D eigenvalue weighted by atomic mass is 9.96. The highest BCUT2D eigenvalue weighted by Crippen LogP contribution is 2.29. The lowest BCUT2D eigenvalue weighted by molar-refractivity contribution is 0.193. The molecule has 2 aromatic rings. The highest BCUT2D eigenvalue weighted by atomic mass is 16.5. The first-order valence-electron chi connectivity index (χ1n) is 8.40. The van der Waals surface area contributed by atoms with Gasteiger partial charge in [-0.3, -0.25) is 9.58 Å². The van der Waals surface area contributed by atoms with Crippen LogP contribution in [0, 0.1) is 0 Å². The Morgan fingerprint density at radius 1 is 1.26 bits per heavy atom. The van der Waals surface area contributed by atoms with Crippen LogP contribution < -0.4 is 0 Å². The van der Waals surface area contributed by atoms with Crippen molar-refractivity contribution >= 4 is 0 Å². The van der Waals surface area contributed by atoms with E-state index >= 15 is 0 Å². The number of aromatic nitrogens is 4. The van der Waals surface area contributed by atoms with Crippen LogP contribution in [0.4, 0.5) is 0 Å². The van der Waals surface area contributed by atoms with Gasteiger partial charge in [0.2, 0.25) is 0 Å². The predicted molar refractivity (Wildman–Crippen MR) is 86.1 cm³/mol. The molecule has 2 aromatic heterocycles. The first-order valence-corrected chi connectivity index (χ1v) is 8.40. The SMILES string of the molecule is Cn1cc(CN2CCc3ncnc(C4CCOC4)c3CC2)cn1. The topological polar surface area (TPSA) is 56.1 Å². The summed E-state index contributed by atoms with van der Waals surface area (Å²) >= 11 is 0. The van der Waals surface area contributed by atoms with E-state index in [1.165, 1.54) is 22.5 Å². The Morgan fingerprint density at radius 2 is 2.17 bits per heavy atom. The molecule has 23 heavy (non-hydrogen) atoms. The molecule has 0 bridgehead atoms. The highest BCUT2D eigenvalue weighted by Gasteiger charge is 2.26. The van der Waals surface area contributed by atoms with Gasteiger partial charge in [-0.2, -0.15) is 5.10 Å². The van der Waals surface area contributed by atoms with Crippen LogP contribution in [-0.2, 0) is 31.2 Å². The van der Waals surface area contributed by atoms with Crippen LogP contribution in [0.25, 0.3) is 0 Å². The van der Waals surface area contributed by atoms with Gasteiger partial charge in [-0.1, -0.05) is 0 Å².